The number of rotatable bonds is 6. The molecule has 0 atom stereocenters. The molecule has 0 aromatic carbocycles. The first-order valence-corrected chi connectivity index (χ1v) is 8.32. The molecule has 18 heavy (non-hydrogen) atoms. The molecule has 0 radical (unpaired) electrons. The van der Waals surface area contributed by atoms with E-state index in [9.17, 15) is 4.79 Å². The molecule has 0 N–H and O–H groups in total. The minimum Gasteiger partial charge on any atom is -0.334 e. The number of halogens is 2. The molecule has 0 bridgehead atoms. The number of hydrogen-bond acceptors (Lipinski definition) is 2. The SMILES string of the molecule is CCC(CC)N(CCCl)C(=O)c1cc(C)c(Br)s1. The fraction of sp³-hybridized carbons (Fsp3) is 0.615. The van der Waals surface area contributed by atoms with E-state index in [4.69, 9.17) is 11.6 Å². The number of nitrogens with zero attached hydrogens (tertiary/aromatic N) is 1. The summed E-state index contributed by atoms with van der Waals surface area (Å²) in [6.45, 7) is 6.83. The molecule has 0 aliphatic rings. The maximum Gasteiger partial charge on any atom is 0.264 e. The molecule has 0 aliphatic carbocycles. The van der Waals surface area contributed by atoms with Gasteiger partial charge in [-0.1, -0.05) is 13.8 Å². The van der Waals surface area contributed by atoms with Crippen LogP contribution in [0, 0.1) is 6.92 Å². The Morgan fingerprint density at radius 2 is 2.11 bits per heavy atom. The van der Waals surface area contributed by atoms with Gasteiger partial charge in [-0.2, -0.15) is 0 Å². The first kappa shape index (κ1) is 16.0. The van der Waals surface area contributed by atoms with Gasteiger partial charge in [0.25, 0.3) is 5.91 Å². The van der Waals surface area contributed by atoms with E-state index in [1.807, 2.05) is 17.9 Å². The van der Waals surface area contributed by atoms with Gasteiger partial charge in [0.1, 0.15) is 0 Å². The van der Waals surface area contributed by atoms with Crippen LogP contribution in [0.25, 0.3) is 0 Å². The maximum atomic E-state index is 12.5. The third-order valence-electron chi connectivity index (χ3n) is 3.04. The second kappa shape index (κ2) is 7.51. The van der Waals surface area contributed by atoms with E-state index < -0.39 is 0 Å². The van der Waals surface area contributed by atoms with Crippen molar-refractivity contribution in [3.63, 3.8) is 0 Å². The van der Waals surface area contributed by atoms with Crippen molar-refractivity contribution in [3.05, 3.63) is 20.3 Å². The average Bonchev–Trinajstić information content (AvgIpc) is 2.69. The summed E-state index contributed by atoms with van der Waals surface area (Å²) in [4.78, 5) is 15.2. The summed E-state index contributed by atoms with van der Waals surface area (Å²) in [6, 6.07) is 2.22. The lowest BCUT2D eigenvalue weighted by atomic mass is 10.1. The zero-order valence-corrected chi connectivity index (χ0v) is 14.2. The van der Waals surface area contributed by atoms with Gasteiger partial charge in [0, 0.05) is 18.5 Å². The molecule has 0 saturated heterocycles. The van der Waals surface area contributed by atoms with Crippen molar-refractivity contribution in [2.45, 2.75) is 39.7 Å². The summed E-state index contributed by atoms with van der Waals surface area (Å²) < 4.78 is 1.03. The van der Waals surface area contributed by atoms with Crippen LogP contribution in [0.1, 0.15) is 41.9 Å². The van der Waals surface area contributed by atoms with Crippen LogP contribution in [-0.4, -0.2) is 29.3 Å². The van der Waals surface area contributed by atoms with E-state index in [0.717, 1.165) is 27.1 Å². The summed E-state index contributed by atoms with van der Waals surface area (Å²) >= 11 is 10.8. The molecule has 102 valence electrons. The molecule has 1 heterocycles. The Morgan fingerprint density at radius 1 is 1.50 bits per heavy atom. The van der Waals surface area contributed by atoms with Crippen LogP contribution >= 0.6 is 38.9 Å². The number of hydrogen-bond donors (Lipinski definition) is 0. The highest BCUT2D eigenvalue weighted by Gasteiger charge is 2.23. The van der Waals surface area contributed by atoms with Gasteiger partial charge in [-0.15, -0.1) is 22.9 Å². The fourth-order valence-corrected chi connectivity index (χ4v) is 3.65. The van der Waals surface area contributed by atoms with Gasteiger partial charge < -0.3 is 4.90 Å². The number of aryl methyl sites for hydroxylation is 1. The summed E-state index contributed by atoms with van der Waals surface area (Å²) in [5.74, 6) is 0.580. The van der Waals surface area contributed by atoms with E-state index in [0.29, 0.717) is 12.4 Å². The number of amides is 1. The Bertz CT molecular complexity index is 384. The lowest BCUT2D eigenvalue weighted by molar-refractivity contribution is 0.0686. The van der Waals surface area contributed by atoms with E-state index >= 15 is 0 Å². The predicted molar refractivity (Wildman–Crippen MR) is 82.9 cm³/mol. The Kier molecular flexibility index (Phi) is 6.67. The van der Waals surface area contributed by atoms with Gasteiger partial charge in [0.15, 0.2) is 0 Å². The minimum absolute atomic E-state index is 0.100. The van der Waals surface area contributed by atoms with Gasteiger partial charge in [0.05, 0.1) is 8.66 Å². The van der Waals surface area contributed by atoms with Crippen LogP contribution in [0.2, 0.25) is 0 Å². The van der Waals surface area contributed by atoms with Crippen molar-refractivity contribution in [2.24, 2.45) is 0 Å². The van der Waals surface area contributed by atoms with Gasteiger partial charge in [0.2, 0.25) is 0 Å². The van der Waals surface area contributed by atoms with Crippen molar-refractivity contribution in [1.29, 1.82) is 0 Å². The van der Waals surface area contributed by atoms with Crippen molar-refractivity contribution < 1.29 is 4.79 Å². The molecule has 0 spiro atoms. The molecule has 1 amide bonds. The molecule has 0 saturated carbocycles. The van der Waals surface area contributed by atoms with Crippen molar-refractivity contribution >= 4 is 44.8 Å². The standard InChI is InChI=1S/C13H19BrClNOS/c1-4-10(5-2)16(7-6-15)13(17)11-8-9(3)12(14)18-11/h8,10H,4-7H2,1-3H3. The third kappa shape index (κ3) is 3.72. The molecule has 0 fully saturated rings. The number of alkyl halides is 1. The van der Waals surface area contributed by atoms with Gasteiger partial charge in [-0.3, -0.25) is 4.79 Å². The predicted octanol–water partition coefficient (Wildman–Crippen LogP) is 4.69. The Balaban J connectivity index is 2.94. The zero-order chi connectivity index (χ0) is 13.7. The number of carbonyl (C=O) groups excluding carboxylic acids is 1. The lowest BCUT2D eigenvalue weighted by Gasteiger charge is -2.29. The van der Waals surface area contributed by atoms with Crippen LogP contribution < -0.4 is 0 Å². The highest BCUT2D eigenvalue weighted by atomic mass is 79.9. The molecule has 1 aromatic rings. The molecular weight excluding hydrogens is 334 g/mol. The van der Waals surface area contributed by atoms with Gasteiger partial charge in [-0.25, -0.2) is 0 Å². The Labute approximate surface area is 126 Å². The summed E-state index contributed by atoms with van der Waals surface area (Å²) in [6.07, 6.45) is 1.93. The summed E-state index contributed by atoms with van der Waals surface area (Å²) in [5.41, 5.74) is 1.11. The van der Waals surface area contributed by atoms with Crippen LogP contribution in [0.3, 0.4) is 0 Å². The first-order valence-electron chi connectivity index (χ1n) is 6.17. The molecule has 1 rings (SSSR count). The Morgan fingerprint density at radius 3 is 2.50 bits per heavy atom. The maximum absolute atomic E-state index is 12.5. The van der Waals surface area contributed by atoms with Crippen molar-refractivity contribution in [1.82, 2.24) is 4.90 Å². The van der Waals surface area contributed by atoms with Crippen LogP contribution in [-0.2, 0) is 0 Å². The summed E-state index contributed by atoms with van der Waals surface area (Å²) in [7, 11) is 0. The molecule has 5 heteroatoms. The smallest absolute Gasteiger partial charge is 0.264 e. The first-order chi connectivity index (χ1) is 8.54. The third-order valence-corrected chi connectivity index (χ3v) is 5.33. The topological polar surface area (TPSA) is 20.3 Å². The van der Waals surface area contributed by atoms with Crippen LogP contribution in [0.15, 0.2) is 9.85 Å². The normalized spacial score (nSPS) is 11.0. The highest BCUT2D eigenvalue weighted by Crippen LogP contribution is 2.29. The second-order valence-corrected chi connectivity index (χ2v) is 6.97. The van der Waals surface area contributed by atoms with E-state index in [1.165, 1.54) is 11.3 Å². The van der Waals surface area contributed by atoms with E-state index in [1.54, 1.807) is 0 Å². The van der Waals surface area contributed by atoms with Crippen molar-refractivity contribution in [2.75, 3.05) is 12.4 Å². The van der Waals surface area contributed by atoms with Gasteiger partial charge in [-0.05, 0) is 47.3 Å². The summed E-state index contributed by atoms with van der Waals surface area (Å²) in [5, 5.41) is 0. The van der Waals surface area contributed by atoms with Gasteiger partial charge >= 0.3 is 0 Å². The number of carbonyl (C=O) groups is 1. The lowest BCUT2D eigenvalue weighted by Crippen LogP contribution is -2.40. The molecule has 0 unspecified atom stereocenters. The molecule has 2 nitrogen and oxygen atoms in total. The van der Waals surface area contributed by atoms with E-state index in [-0.39, 0.29) is 11.9 Å². The number of thiophene rings is 1. The second-order valence-electron chi connectivity index (χ2n) is 4.23. The van der Waals surface area contributed by atoms with Crippen LogP contribution in [0.4, 0.5) is 0 Å². The fourth-order valence-electron chi connectivity index (χ4n) is 1.98. The van der Waals surface area contributed by atoms with Crippen LogP contribution in [0.5, 0.6) is 0 Å². The quantitative estimate of drug-likeness (QED) is 0.680. The molecule has 1 aromatic heterocycles. The molecule has 0 aliphatic heterocycles. The monoisotopic (exact) mass is 351 g/mol. The Hall–Kier alpha value is -0.0600. The minimum atomic E-state index is 0.100. The van der Waals surface area contributed by atoms with Crippen molar-refractivity contribution in [3.8, 4) is 0 Å². The average molecular weight is 353 g/mol. The molecular formula is C13H19BrClNOS. The van der Waals surface area contributed by atoms with E-state index in [2.05, 4.69) is 29.8 Å². The highest BCUT2D eigenvalue weighted by molar-refractivity contribution is 9.11. The largest absolute Gasteiger partial charge is 0.334 e. The zero-order valence-electron chi connectivity index (χ0n) is 11.0.